The lowest BCUT2D eigenvalue weighted by Crippen LogP contribution is -2.33. The van der Waals surface area contributed by atoms with Crippen LogP contribution in [-0.4, -0.2) is 24.2 Å². The van der Waals surface area contributed by atoms with Crippen LogP contribution in [0.4, 0.5) is 11.4 Å². The molecule has 0 bridgehead atoms. The molecule has 104 valence electrons. The highest BCUT2D eigenvalue weighted by Gasteiger charge is 2.07. The van der Waals surface area contributed by atoms with Crippen LogP contribution in [0.3, 0.4) is 0 Å². The monoisotopic (exact) mass is 350 g/mol. The van der Waals surface area contributed by atoms with E-state index in [1.807, 2.05) is 36.4 Å². The molecule has 0 spiro atoms. The maximum Gasteiger partial charge on any atom is 0.200 e. The van der Waals surface area contributed by atoms with E-state index in [2.05, 4.69) is 38.0 Å². The first-order valence-electron chi connectivity index (χ1n) is 5.93. The van der Waals surface area contributed by atoms with E-state index >= 15 is 0 Å². The highest BCUT2D eigenvalue weighted by Crippen LogP contribution is 2.25. The van der Waals surface area contributed by atoms with Crippen molar-refractivity contribution in [2.45, 2.75) is 4.90 Å². The summed E-state index contributed by atoms with van der Waals surface area (Å²) < 4.78 is 0.863. The summed E-state index contributed by atoms with van der Waals surface area (Å²) in [7, 11) is 1.89. The van der Waals surface area contributed by atoms with E-state index in [1.54, 1.807) is 24.2 Å². The van der Waals surface area contributed by atoms with Crippen molar-refractivity contribution >= 4 is 45.0 Å². The maximum absolute atomic E-state index is 6.06. The zero-order valence-corrected chi connectivity index (χ0v) is 13.6. The van der Waals surface area contributed by atoms with Crippen molar-refractivity contribution in [3.05, 3.63) is 47.2 Å². The average molecular weight is 351 g/mol. The lowest BCUT2D eigenvalue weighted by Gasteiger charge is -2.18. The van der Waals surface area contributed by atoms with Crippen molar-refractivity contribution in [2.75, 3.05) is 18.2 Å². The van der Waals surface area contributed by atoms with Crippen molar-refractivity contribution in [3.63, 3.8) is 0 Å². The van der Waals surface area contributed by atoms with Crippen LogP contribution in [0.1, 0.15) is 0 Å². The Kier molecular flexibility index (Phi) is 5.03. The number of aromatic nitrogens is 1. The SMILES string of the molecule is CSc1cccc(N(C)C(N)=Nc2cnccc2Br)c1. The van der Waals surface area contributed by atoms with Gasteiger partial charge in [0.1, 0.15) is 0 Å². The van der Waals surface area contributed by atoms with Crippen molar-refractivity contribution in [3.8, 4) is 0 Å². The van der Waals surface area contributed by atoms with Gasteiger partial charge in [-0.2, -0.15) is 0 Å². The number of nitrogens with zero attached hydrogens (tertiary/aromatic N) is 3. The minimum absolute atomic E-state index is 0.414. The largest absolute Gasteiger partial charge is 0.369 e. The number of aliphatic imine (C=N–C) groups is 1. The molecule has 2 N–H and O–H groups in total. The first-order valence-corrected chi connectivity index (χ1v) is 7.95. The number of halogens is 1. The van der Waals surface area contributed by atoms with Crippen molar-refractivity contribution in [2.24, 2.45) is 10.7 Å². The van der Waals surface area contributed by atoms with Crippen LogP contribution in [-0.2, 0) is 0 Å². The highest BCUT2D eigenvalue weighted by molar-refractivity contribution is 9.10. The quantitative estimate of drug-likeness (QED) is 0.521. The molecule has 0 aliphatic carbocycles. The summed E-state index contributed by atoms with van der Waals surface area (Å²) in [6.45, 7) is 0. The zero-order chi connectivity index (χ0) is 14.5. The Labute approximate surface area is 131 Å². The second kappa shape index (κ2) is 6.76. The molecule has 6 heteroatoms. The van der Waals surface area contributed by atoms with E-state index < -0.39 is 0 Å². The summed E-state index contributed by atoms with van der Waals surface area (Å²) in [5.41, 5.74) is 7.77. The molecule has 0 aliphatic heterocycles. The fourth-order valence-corrected chi connectivity index (χ4v) is 2.36. The second-order valence-corrected chi connectivity index (χ2v) is 5.79. The molecule has 1 aromatic heterocycles. The molecule has 20 heavy (non-hydrogen) atoms. The molecule has 1 heterocycles. The van der Waals surface area contributed by atoms with Crippen LogP contribution in [0.25, 0.3) is 0 Å². The number of anilines is 1. The lowest BCUT2D eigenvalue weighted by atomic mass is 10.3. The predicted molar refractivity (Wildman–Crippen MR) is 89.8 cm³/mol. The molecule has 0 aliphatic rings. The molecule has 0 saturated carbocycles. The Bertz CT molecular complexity index is 630. The van der Waals surface area contributed by atoms with Gasteiger partial charge in [-0.1, -0.05) is 6.07 Å². The first-order chi connectivity index (χ1) is 9.61. The van der Waals surface area contributed by atoms with Gasteiger partial charge in [-0.25, -0.2) is 4.99 Å². The first kappa shape index (κ1) is 14.9. The van der Waals surface area contributed by atoms with Crippen molar-refractivity contribution in [1.29, 1.82) is 0 Å². The molecule has 1 aromatic carbocycles. The predicted octanol–water partition coefficient (Wildman–Crippen LogP) is 3.65. The third-order valence-corrected chi connectivity index (χ3v) is 4.16. The number of guanidine groups is 1. The summed E-state index contributed by atoms with van der Waals surface area (Å²) >= 11 is 5.12. The molecule has 2 rings (SSSR count). The Morgan fingerprint density at radius 2 is 2.20 bits per heavy atom. The molecule has 2 aromatic rings. The van der Waals surface area contributed by atoms with Gasteiger partial charge in [0.25, 0.3) is 0 Å². The number of nitrogens with two attached hydrogens (primary N) is 1. The van der Waals surface area contributed by atoms with Crippen LogP contribution < -0.4 is 10.6 Å². The Morgan fingerprint density at radius 3 is 2.90 bits per heavy atom. The average Bonchev–Trinajstić information content (AvgIpc) is 2.48. The third-order valence-electron chi connectivity index (χ3n) is 2.77. The van der Waals surface area contributed by atoms with Crippen LogP contribution in [0.2, 0.25) is 0 Å². The van der Waals surface area contributed by atoms with Gasteiger partial charge >= 0.3 is 0 Å². The molecule has 4 nitrogen and oxygen atoms in total. The van der Waals surface area contributed by atoms with Gasteiger partial charge in [0.2, 0.25) is 5.96 Å². The molecule has 0 unspecified atom stereocenters. The second-order valence-electron chi connectivity index (χ2n) is 4.06. The molecule has 0 atom stereocenters. The van der Waals surface area contributed by atoms with Gasteiger partial charge in [-0.05, 0) is 46.5 Å². The van der Waals surface area contributed by atoms with E-state index in [0.29, 0.717) is 11.6 Å². The third kappa shape index (κ3) is 3.52. The maximum atomic E-state index is 6.06. The zero-order valence-electron chi connectivity index (χ0n) is 11.2. The number of rotatable bonds is 3. The fourth-order valence-electron chi connectivity index (χ4n) is 1.60. The molecular formula is C14H15BrN4S. The summed E-state index contributed by atoms with van der Waals surface area (Å²) in [5.74, 6) is 0.414. The normalized spacial score (nSPS) is 11.4. The molecular weight excluding hydrogens is 336 g/mol. The smallest absolute Gasteiger partial charge is 0.200 e. The van der Waals surface area contributed by atoms with Gasteiger partial charge in [-0.3, -0.25) is 4.98 Å². The lowest BCUT2D eigenvalue weighted by molar-refractivity contribution is 1.19. The Balaban J connectivity index is 2.28. The highest BCUT2D eigenvalue weighted by atomic mass is 79.9. The summed E-state index contributed by atoms with van der Waals surface area (Å²) in [4.78, 5) is 11.5. The number of benzene rings is 1. The van der Waals surface area contributed by atoms with E-state index in [1.165, 1.54) is 4.90 Å². The van der Waals surface area contributed by atoms with Crippen molar-refractivity contribution < 1.29 is 0 Å². The van der Waals surface area contributed by atoms with Gasteiger partial charge < -0.3 is 10.6 Å². The van der Waals surface area contributed by atoms with E-state index in [-0.39, 0.29) is 0 Å². The minimum atomic E-state index is 0.414. The van der Waals surface area contributed by atoms with Crippen LogP contribution in [0.15, 0.2) is 57.1 Å². The van der Waals surface area contributed by atoms with Gasteiger partial charge in [0, 0.05) is 28.3 Å². The van der Waals surface area contributed by atoms with Crippen LogP contribution >= 0.6 is 27.7 Å². The summed E-state index contributed by atoms with van der Waals surface area (Å²) in [6, 6.07) is 9.98. The minimum Gasteiger partial charge on any atom is -0.369 e. The number of thioether (sulfide) groups is 1. The van der Waals surface area contributed by atoms with Gasteiger partial charge in [0.05, 0.1) is 11.9 Å². The van der Waals surface area contributed by atoms with Crippen molar-refractivity contribution in [1.82, 2.24) is 4.98 Å². The topological polar surface area (TPSA) is 54.5 Å². The molecule has 0 amide bonds. The fraction of sp³-hybridized carbons (Fsp3) is 0.143. The molecule has 0 saturated heterocycles. The number of hydrogen-bond donors (Lipinski definition) is 1. The number of pyridine rings is 1. The van der Waals surface area contributed by atoms with E-state index in [9.17, 15) is 0 Å². The Morgan fingerprint density at radius 1 is 1.40 bits per heavy atom. The van der Waals surface area contributed by atoms with Gasteiger partial charge in [-0.15, -0.1) is 11.8 Å². The molecule has 0 radical (unpaired) electrons. The van der Waals surface area contributed by atoms with E-state index in [0.717, 1.165) is 10.2 Å². The van der Waals surface area contributed by atoms with Gasteiger partial charge in [0.15, 0.2) is 0 Å². The number of hydrogen-bond acceptors (Lipinski definition) is 3. The standard InChI is InChI=1S/C14H15BrN4S/c1-19(10-4-3-5-11(8-10)20-2)14(16)18-13-9-17-7-6-12(13)15/h3-9H,1-2H3,(H2,16,18). The molecule has 0 fully saturated rings. The Hall–Kier alpha value is -1.53. The van der Waals surface area contributed by atoms with Crippen LogP contribution in [0.5, 0.6) is 0 Å². The summed E-state index contributed by atoms with van der Waals surface area (Å²) in [6.07, 6.45) is 5.41. The van der Waals surface area contributed by atoms with Crippen LogP contribution in [0, 0.1) is 0 Å². The van der Waals surface area contributed by atoms with E-state index in [4.69, 9.17) is 5.73 Å². The summed E-state index contributed by atoms with van der Waals surface area (Å²) in [5, 5.41) is 0.